The molecule has 2 aliphatic carbocycles. The predicted octanol–water partition coefficient (Wildman–Crippen LogP) is 4.56. The quantitative estimate of drug-likeness (QED) is 0.378. The van der Waals surface area contributed by atoms with Gasteiger partial charge in [-0.1, -0.05) is 6.92 Å². The molecule has 0 unspecified atom stereocenters. The molecule has 0 aromatic rings. The van der Waals surface area contributed by atoms with Gasteiger partial charge < -0.3 is 0 Å². The van der Waals surface area contributed by atoms with Gasteiger partial charge in [-0.05, 0) is 0 Å². The molecule has 91 valence electrons. The van der Waals surface area contributed by atoms with Crippen molar-refractivity contribution in [2.75, 3.05) is 0 Å². The fraction of sp³-hybridized carbons (Fsp3) is 0.188. The molecule has 0 N–H and O–H groups in total. The smallest absolute Gasteiger partial charge is 0.273 e. The van der Waals surface area contributed by atoms with Crippen LogP contribution >= 0.6 is 0 Å². The topological polar surface area (TPSA) is 0 Å². The Balaban J connectivity index is 0. The monoisotopic (exact) mass is 313 g/mol. The average molecular weight is 312 g/mol. The molecule has 0 atom stereocenters. The Morgan fingerprint density at radius 3 is 1.71 bits per heavy atom. The number of hydrogen-bond donors (Lipinski definition) is 0. The normalized spacial score (nSPS) is 13.7. The molecule has 0 saturated carbocycles. The summed E-state index contributed by atoms with van der Waals surface area (Å²) in [5.41, 5.74) is 1.05. The van der Waals surface area contributed by atoms with Crippen molar-refractivity contribution in [3.05, 3.63) is 79.8 Å². The zero-order valence-electron chi connectivity index (χ0n) is 10.3. The Hall–Kier alpha value is -1.07. The third kappa shape index (κ3) is 17.5. The van der Waals surface area contributed by atoms with Crippen LogP contribution in [0.15, 0.2) is 60.8 Å². The number of hydrogen-bond acceptors (Lipinski definition) is 0. The molecular weight excluding hydrogens is 293 g/mol. The van der Waals surface area contributed by atoms with Crippen LogP contribution in [0.5, 0.6) is 0 Å². The first-order valence-corrected chi connectivity index (χ1v) is 5.32. The van der Waals surface area contributed by atoms with E-state index < -0.39 is 0 Å². The fourth-order valence-electron chi connectivity index (χ4n) is 0.882. The van der Waals surface area contributed by atoms with Gasteiger partial charge in [-0.15, -0.1) is 25.0 Å². The van der Waals surface area contributed by atoms with E-state index in [0.29, 0.717) is 0 Å². The summed E-state index contributed by atoms with van der Waals surface area (Å²) in [6, 6.07) is 0. The van der Waals surface area contributed by atoms with Gasteiger partial charge in [0.15, 0.2) is 0 Å². The maximum atomic E-state index is 3.62. The molecule has 0 amide bonds. The first kappa shape index (κ1) is 18.3. The molecule has 0 bridgehead atoms. The van der Waals surface area contributed by atoms with Crippen LogP contribution in [0, 0.1) is 19.1 Å². The maximum Gasteiger partial charge on any atom is 3.00 e. The largest absolute Gasteiger partial charge is 3.00 e. The van der Waals surface area contributed by atoms with Crippen LogP contribution in [0.1, 0.15) is 19.8 Å². The molecule has 2 rings (SSSR count). The molecule has 0 spiro atoms. The van der Waals surface area contributed by atoms with Crippen LogP contribution in [0.4, 0.5) is 0 Å². The van der Waals surface area contributed by atoms with Crippen LogP contribution in [0.2, 0.25) is 0 Å². The average Bonchev–Trinajstić information content (AvgIpc) is 2.98. The summed E-state index contributed by atoms with van der Waals surface area (Å²) in [4.78, 5) is 0. The maximum absolute atomic E-state index is 3.62. The van der Waals surface area contributed by atoms with E-state index in [1.54, 1.807) is 6.08 Å². The summed E-state index contributed by atoms with van der Waals surface area (Å²) >= 11 is 0. The van der Waals surface area contributed by atoms with Crippen LogP contribution in [0.3, 0.4) is 0 Å². The molecule has 0 aliphatic heterocycles. The van der Waals surface area contributed by atoms with E-state index in [0.717, 1.165) is 18.4 Å². The Morgan fingerprint density at radius 2 is 1.65 bits per heavy atom. The second-order valence-electron chi connectivity index (χ2n) is 3.25. The predicted molar refractivity (Wildman–Crippen MR) is 72.5 cm³/mol. The third-order valence-electron chi connectivity index (χ3n) is 1.57. The number of rotatable bonds is 1. The summed E-state index contributed by atoms with van der Waals surface area (Å²) < 4.78 is 0. The molecule has 0 nitrogen and oxygen atoms in total. The van der Waals surface area contributed by atoms with Crippen molar-refractivity contribution >= 4 is 0 Å². The Morgan fingerprint density at radius 1 is 1.18 bits per heavy atom. The fourth-order valence-corrected chi connectivity index (χ4v) is 0.882. The summed E-state index contributed by atoms with van der Waals surface area (Å²) in [5.74, 6) is 0. The Kier molecular flexibility index (Phi) is 16.1. The van der Waals surface area contributed by atoms with Gasteiger partial charge in [0, 0.05) is 0 Å². The van der Waals surface area contributed by atoms with Crippen molar-refractivity contribution in [2.24, 2.45) is 0 Å². The molecule has 0 aromatic heterocycles. The molecular formula is C16H19Ru. The van der Waals surface area contributed by atoms with Gasteiger partial charge in [-0.25, -0.2) is 43.4 Å². The van der Waals surface area contributed by atoms with E-state index in [-0.39, 0.29) is 19.5 Å². The zero-order valence-corrected chi connectivity index (χ0v) is 12.0. The van der Waals surface area contributed by atoms with Crippen LogP contribution < -0.4 is 0 Å². The van der Waals surface area contributed by atoms with Gasteiger partial charge in [0.25, 0.3) is 0 Å². The van der Waals surface area contributed by atoms with Gasteiger partial charge in [-0.2, -0.15) is 12.2 Å². The van der Waals surface area contributed by atoms with Gasteiger partial charge in [0.2, 0.25) is 0 Å². The van der Waals surface area contributed by atoms with Crippen molar-refractivity contribution in [3.8, 4) is 0 Å². The van der Waals surface area contributed by atoms with Crippen molar-refractivity contribution in [1.29, 1.82) is 0 Å². The first-order valence-electron chi connectivity index (χ1n) is 5.32. The molecule has 17 heavy (non-hydrogen) atoms. The van der Waals surface area contributed by atoms with E-state index in [4.69, 9.17) is 0 Å². The van der Waals surface area contributed by atoms with Crippen molar-refractivity contribution in [3.63, 3.8) is 0 Å². The van der Waals surface area contributed by atoms with E-state index in [2.05, 4.69) is 37.8 Å². The zero-order chi connectivity index (χ0) is 12.1. The van der Waals surface area contributed by atoms with E-state index >= 15 is 0 Å². The minimum atomic E-state index is 0. The standard InChI is InChI=1S/C6H9.2C5H5.Ru/c1-4-5-6(2)3;2*1-2-4-5-3-1;/h4-5H,1-2H2,3H3;2*1-3H,4H2;/q3*-1;+3. The van der Waals surface area contributed by atoms with E-state index in [1.807, 2.05) is 37.3 Å². The van der Waals surface area contributed by atoms with Gasteiger partial charge >= 0.3 is 19.5 Å². The molecule has 0 heterocycles. The molecule has 1 radical (unpaired) electrons. The SMILES string of the molecule is C=C(C)C=C[CH2-].[C-]1=CC=CC1.[C-]1=CC=CC1.[Ru+3]. The number of allylic oxidation sites excluding steroid dienone is 11. The molecule has 2 aliphatic rings. The van der Waals surface area contributed by atoms with Crippen LogP contribution in [-0.2, 0) is 19.5 Å². The third-order valence-corrected chi connectivity index (χ3v) is 1.57. The van der Waals surface area contributed by atoms with Crippen LogP contribution in [0.25, 0.3) is 0 Å². The van der Waals surface area contributed by atoms with Crippen molar-refractivity contribution in [1.82, 2.24) is 0 Å². The summed E-state index contributed by atoms with van der Waals surface area (Å²) in [6.07, 6.45) is 23.6. The first-order chi connectivity index (χ1) is 7.77. The van der Waals surface area contributed by atoms with Crippen molar-refractivity contribution < 1.29 is 19.5 Å². The molecule has 0 aromatic carbocycles. The van der Waals surface area contributed by atoms with Gasteiger partial charge in [-0.3, -0.25) is 12.2 Å². The summed E-state index contributed by atoms with van der Waals surface area (Å²) in [6.45, 7) is 9.03. The molecule has 1 heteroatoms. The van der Waals surface area contributed by atoms with Gasteiger partial charge in [0.05, 0.1) is 0 Å². The summed E-state index contributed by atoms with van der Waals surface area (Å²) in [7, 11) is 0. The Bertz CT molecular complexity index is 272. The molecule has 0 fully saturated rings. The summed E-state index contributed by atoms with van der Waals surface area (Å²) in [5, 5.41) is 0. The van der Waals surface area contributed by atoms with E-state index in [1.165, 1.54) is 0 Å². The van der Waals surface area contributed by atoms with Crippen molar-refractivity contribution in [2.45, 2.75) is 19.8 Å². The second-order valence-corrected chi connectivity index (χ2v) is 3.25. The second kappa shape index (κ2) is 14.9. The van der Waals surface area contributed by atoms with Gasteiger partial charge in [0.1, 0.15) is 0 Å². The minimum Gasteiger partial charge on any atom is -0.273 e. The van der Waals surface area contributed by atoms with E-state index in [9.17, 15) is 0 Å². The Labute approximate surface area is 119 Å². The minimum absolute atomic E-state index is 0. The van der Waals surface area contributed by atoms with Crippen LogP contribution in [-0.4, -0.2) is 0 Å². The molecule has 0 saturated heterocycles.